The van der Waals surface area contributed by atoms with E-state index in [9.17, 15) is 9.18 Å². The number of halogens is 2. The second-order valence-electron chi connectivity index (χ2n) is 3.64. The van der Waals surface area contributed by atoms with Crippen molar-refractivity contribution in [3.8, 4) is 0 Å². The van der Waals surface area contributed by atoms with Crippen LogP contribution in [0.15, 0.2) is 17.3 Å². The van der Waals surface area contributed by atoms with Gasteiger partial charge in [-0.3, -0.25) is 4.79 Å². The maximum Gasteiger partial charge on any atom is 0.256 e. The molecule has 1 aliphatic rings. The topological polar surface area (TPSA) is 50.7 Å². The van der Waals surface area contributed by atoms with Crippen molar-refractivity contribution in [2.75, 3.05) is 6.61 Å². The van der Waals surface area contributed by atoms with E-state index in [-0.39, 0.29) is 17.3 Å². The van der Waals surface area contributed by atoms with Gasteiger partial charge in [-0.15, -0.1) is 0 Å². The van der Waals surface area contributed by atoms with Crippen molar-refractivity contribution < 1.29 is 14.0 Å². The highest BCUT2D eigenvalue weighted by molar-refractivity contribution is 14.1. The number of nitrogens with one attached hydrogen (secondary N) is 1. The summed E-state index contributed by atoms with van der Waals surface area (Å²) in [5, 5.41) is 6.24. The molecule has 90 valence electrons. The van der Waals surface area contributed by atoms with Gasteiger partial charge in [0, 0.05) is 15.6 Å². The maximum absolute atomic E-state index is 13.5. The zero-order valence-electron chi connectivity index (χ0n) is 9.09. The summed E-state index contributed by atoms with van der Waals surface area (Å²) in [6.45, 7) is 2.14. The number of nitrogens with zero attached hydrogens (tertiary/aromatic N) is 1. The molecule has 0 atom stereocenters. The molecule has 0 radical (unpaired) electrons. The number of rotatable bonds is 1. The SMILES string of the molecule is Cc1c(F)cc(C(=O)NC2=NOCC2)cc1I. The summed E-state index contributed by atoms with van der Waals surface area (Å²) in [7, 11) is 0. The van der Waals surface area contributed by atoms with E-state index in [0.717, 1.165) is 3.57 Å². The number of benzene rings is 1. The standard InChI is InChI=1S/C11H10FIN2O2/c1-6-8(12)4-7(5-9(6)13)11(16)14-10-2-3-17-15-10/h4-5H,2-3H2,1H3,(H,14,15,16). The molecule has 2 rings (SSSR count). The van der Waals surface area contributed by atoms with E-state index in [1.54, 1.807) is 13.0 Å². The zero-order valence-corrected chi connectivity index (χ0v) is 11.2. The Labute approximate surface area is 111 Å². The quantitative estimate of drug-likeness (QED) is 0.792. The number of hydrogen-bond donors (Lipinski definition) is 1. The Balaban J connectivity index is 2.19. The van der Waals surface area contributed by atoms with Crippen molar-refractivity contribution in [3.63, 3.8) is 0 Å². The number of amides is 1. The van der Waals surface area contributed by atoms with Crippen LogP contribution in [0.2, 0.25) is 0 Å². The van der Waals surface area contributed by atoms with Crippen LogP contribution in [0.4, 0.5) is 4.39 Å². The lowest BCUT2D eigenvalue weighted by Crippen LogP contribution is -2.29. The van der Waals surface area contributed by atoms with Gasteiger partial charge in [-0.25, -0.2) is 4.39 Å². The van der Waals surface area contributed by atoms with Crippen LogP contribution in [0.25, 0.3) is 0 Å². The molecule has 4 nitrogen and oxygen atoms in total. The minimum Gasteiger partial charge on any atom is -0.394 e. The second kappa shape index (κ2) is 4.99. The Morgan fingerprint density at radius 1 is 1.59 bits per heavy atom. The number of carbonyl (C=O) groups excluding carboxylic acids is 1. The molecule has 0 bridgehead atoms. The monoisotopic (exact) mass is 348 g/mol. The van der Waals surface area contributed by atoms with Gasteiger partial charge in [0.15, 0.2) is 5.84 Å². The fourth-order valence-corrected chi connectivity index (χ4v) is 1.97. The summed E-state index contributed by atoms with van der Waals surface area (Å²) in [5.74, 6) is -0.274. The normalized spacial score (nSPS) is 14.2. The van der Waals surface area contributed by atoms with Crippen molar-refractivity contribution >= 4 is 34.3 Å². The van der Waals surface area contributed by atoms with E-state index in [0.29, 0.717) is 24.4 Å². The third-order valence-corrected chi connectivity index (χ3v) is 3.53. The van der Waals surface area contributed by atoms with Crippen LogP contribution in [0.3, 0.4) is 0 Å². The van der Waals surface area contributed by atoms with Crippen LogP contribution in [0.5, 0.6) is 0 Å². The molecular formula is C11H10FIN2O2. The number of amidine groups is 1. The van der Waals surface area contributed by atoms with E-state index < -0.39 is 0 Å². The minimum atomic E-state index is -0.383. The third-order valence-electron chi connectivity index (χ3n) is 2.41. The molecule has 1 aromatic rings. The Kier molecular flexibility index (Phi) is 3.60. The molecule has 1 heterocycles. The minimum absolute atomic E-state index is 0.284. The van der Waals surface area contributed by atoms with Crippen molar-refractivity contribution in [2.45, 2.75) is 13.3 Å². The van der Waals surface area contributed by atoms with Gasteiger partial charge in [0.25, 0.3) is 5.91 Å². The van der Waals surface area contributed by atoms with Gasteiger partial charge < -0.3 is 10.2 Å². The first kappa shape index (κ1) is 12.3. The van der Waals surface area contributed by atoms with Gasteiger partial charge in [-0.05, 0) is 47.2 Å². The Morgan fingerprint density at radius 2 is 2.35 bits per heavy atom. The first-order chi connectivity index (χ1) is 8.08. The highest BCUT2D eigenvalue weighted by atomic mass is 127. The van der Waals surface area contributed by atoms with Gasteiger partial charge >= 0.3 is 0 Å². The Bertz CT molecular complexity index is 479. The van der Waals surface area contributed by atoms with Crippen molar-refractivity contribution in [3.05, 3.63) is 32.6 Å². The summed E-state index contributed by atoms with van der Waals surface area (Å²) in [5.41, 5.74) is 0.829. The van der Waals surface area contributed by atoms with Crippen LogP contribution < -0.4 is 5.32 Å². The highest BCUT2D eigenvalue weighted by Crippen LogP contribution is 2.17. The van der Waals surface area contributed by atoms with Crippen molar-refractivity contribution in [1.82, 2.24) is 5.32 Å². The molecular weight excluding hydrogens is 338 g/mol. The van der Waals surface area contributed by atoms with E-state index in [1.165, 1.54) is 6.07 Å². The molecule has 1 amide bonds. The van der Waals surface area contributed by atoms with Gasteiger partial charge in [-0.1, -0.05) is 5.16 Å². The molecule has 0 aliphatic carbocycles. The fraction of sp³-hybridized carbons (Fsp3) is 0.273. The molecule has 1 aliphatic heterocycles. The Hall–Kier alpha value is -1.18. The lowest BCUT2D eigenvalue weighted by atomic mass is 10.1. The summed E-state index contributed by atoms with van der Waals surface area (Å²) in [6.07, 6.45) is 0.567. The van der Waals surface area contributed by atoms with Gasteiger partial charge in [0.05, 0.1) is 0 Å². The zero-order chi connectivity index (χ0) is 12.4. The molecule has 0 aromatic heterocycles. The highest BCUT2D eigenvalue weighted by Gasteiger charge is 2.15. The van der Waals surface area contributed by atoms with Crippen LogP contribution in [-0.2, 0) is 4.84 Å². The molecule has 17 heavy (non-hydrogen) atoms. The summed E-state index contributed by atoms with van der Waals surface area (Å²) in [6, 6.07) is 2.87. The van der Waals surface area contributed by atoms with E-state index >= 15 is 0 Å². The molecule has 1 N–H and O–H groups in total. The molecule has 0 saturated heterocycles. The number of hydrogen-bond acceptors (Lipinski definition) is 3. The van der Waals surface area contributed by atoms with Crippen LogP contribution >= 0.6 is 22.6 Å². The molecule has 6 heteroatoms. The number of oxime groups is 1. The first-order valence-electron chi connectivity index (χ1n) is 5.04. The number of carbonyl (C=O) groups is 1. The fourth-order valence-electron chi connectivity index (χ4n) is 1.38. The molecule has 0 fully saturated rings. The van der Waals surface area contributed by atoms with E-state index in [1.807, 2.05) is 22.6 Å². The largest absolute Gasteiger partial charge is 0.394 e. The predicted molar refractivity (Wildman–Crippen MR) is 69.3 cm³/mol. The first-order valence-corrected chi connectivity index (χ1v) is 6.11. The van der Waals surface area contributed by atoms with Gasteiger partial charge in [-0.2, -0.15) is 0 Å². The molecule has 0 spiro atoms. The van der Waals surface area contributed by atoms with Gasteiger partial charge in [0.1, 0.15) is 12.4 Å². The summed E-state index contributed by atoms with van der Waals surface area (Å²) < 4.78 is 14.2. The third kappa shape index (κ3) is 2.74. The van der Waals surface area contributed by atoms with Gasteiger partial charge in [0.2, 0.25) is 0 Å². The van der Waals surface area contributed by atoms with Crippen LogP contribution in [0, 0.1) is 16.3 Å². The second-order valence-corrected chi connectivity index (χ2v) is 4.80. The lowest BCUT2D eigenvalue weighted by Gasteiger charge is -2.06. The average Bonchev–Trinajstić information content (AvgIpc) is 2.77. The Morgan fingerprint density at radius 3 is 2.94 bits per heavy atom. The van der Waals surface area contributed by atoms with Crippen LogP contribution in [-0.4, -0.2) is 18.3 Å². The van der Waals surface area contributed by atoms with E-state index in [2.05, 4.69) is 10.5 Å². The predicted octanol–water partition coefficient (Wildman–Crippen LogP) is 2.20. The average molecular weight is 348 g/mol. The van der Waals surface area contributed by atoms with Crippen molar-refractivity contribution in [1.29, 1.82) is 0 Å². The molecule has 0 saturated carbocycles. The van der Waals surface area contributed by atoms with Crippen molar-refractivity contribution in [2.24, 2.45) is 5.16 Å². The summed E-state index contributed by atoms with van der Waals surface area (Å²) >= 11 is 2.00. The molecule has 1 aromatic carbocycles. The lowest BCUT2D eigenvalue weighted by molar-refractivity contribution is 0.0975. The molecule has 0 unspecified atom stereocenters. The maximum atomic E-state index is 13.5. The van der Waals surface area contributed by atoms with Crippen LogP contribution in [0.1, 0.15) is 22.3 Å². The smallest absolute Gasteiger partial charge is 0.256 e. The van der Waals surface area contributed by atoms with E-state index in [4.69, 9.17) is 4.84 Å². The summed E-state index contributed by atoms with van der Waals surface area (Å²) in [4.78, 5) is 16.6.